The summed E-state index contributed by atoms with van der Waals surface area (Å²) in [6.07, 6.45) is 0. The number of benzene rings is 2. The first-order valence-corrected chi connectivity index (χ1v) is 10.8. The van der Waals surface area contributed by atoms with E-state index in [2.05, 4.69) is 29.7 Å². The van der Waals surface area contributed by atoms with Crippen molar-refractivity contribution in [1.29, 1.82) is 0 Å². The first kappa shape index (κ1) is 21.9. The number of thiazole rings is 1. The van der Waals surface area contributed by atoms with Gasteiger partial charge in [0, 0.05) is 16.8 Å². The largest absolute Gasteiger partial charge is 0.347 e. The molecular formula is C23H29N4O2S+. The SMILES string of the molecule is Cc1ccc2nc(-c3ccc(NC(=O)C[NH+](C)CC(=O)NC(C)(C)C)cc3)sc2c1. The smallest absolute Gasteiger partial charge is 0.279 e. The number of nitrogens with zero attached hydrogens (tertiary/aromatic N) is 1. The summed E-state index contributed by atoms with van der Waals surface area (Å²) in [5.74, 6) is -0.192. The number of aromatic nitrogens is 1. The second-order valence-electron chi connectivity index (χ2n) is 8.72. The topological polar surface area (TPSA) is 75.5 Å². The standard InChI is InChI=1S/C23H28N4O2S/c1-15-6-11-18-19(12-15)30-22(25-18)16-7-9-17(10-8-16)24-20(28)13-27(5)14-21(29)26-23(2,3)4/h6-12H,13-14H2,1-5H3,(H,24,28)(H,26,29)/p+1. The molecule has 1 unspecified atom stereocenters. The Labute approximate surface area is 181 Å². The molecule has 0 aliphatic rings. The predicted molar refractivity (Wildman–Crippen MR) is 123 cm³/mol. The highest BCUT2D eigenvalue weighted by Gasteiger charge is 2.19. The molecule has 0 saturated heterocycles. The molecule has 0 saturated carbocycles. The predicted octanol–water partition coefficient (Wildman–Crippen LogP) is 2.64. The van der Waals surface area contributed by atoms with Gasteiger partial charge in [-0.2, -0.15) is 0 Å². The van der Waals surface area contributed by atoms with Crippen LogP contribution in [0.25, 0.3) is 20.8 Å². The number of aryl methyl sites for hydroxylation is 1. The van der Waals surface area contributed by atoms with Gasteiger partial charge in [-0.15, -0.1) is 11.3 Å². The van der Waals surface area contributed by atoms with E-state index in [0.717, 1.165) is 26.7 Å². The summed E-state index contributed by atoms with van der Waals surface area (Å²) in [6, 6.07) is 13.9. The van der Waals surface area contributed by atoms with Crippen molar-refractivity contribution in [2.45, 2.75) is 33.2 Å². The summed E-state index contributed by atoms with van der Waals surface area (Å²) in [4.78, 5) is 29.8. The number of anilines is 1. The lowest BCUT2D eigenvalue weighted by molar-refractivity contribution is -0.862. The Morgan fingerprint density at radius 1 is 1.03 bits per heavy atom. The first-order valence-electron chi connectivity index (χ1n) is 9.99. The maximum absolute atomic E-state index is 12.3. The minimum Gasteiger partial charge on any atom is -0.347 e. The molecule has 0 aliphatic carbocycles. The van der Waals surface area contributed by atoms with Gasteiger partial charge in [0.1, 0.15) is 5.01 Å². The number of fused-ring (bicyclic) bond motifs is 1. The van der Waals surface area contributed by atoms with Crippen LogP contribution in [0.5, 0.6) is 0 Å². The minimum atomic E-state index is -0.274. The Kier molecular flexibility index (Phi) is 6.53. The molecule has 2 aromatic carbocycles. The number of likely N-dealkylation sites (N-methyl/N-ethyl adjacent to an activating group) is 1. The molecule has 3 rings (SSSR count). The average molecular weight is 426 g/mol. The zero-order chi connectivity index (χ0) is 21.9. The van der Waals surface area contributed by atoms with Crippen molar-refractivity contribution < 1.29 is 14.5 Å². The molecule has 7 heteroatoms. The van der Waals surface area contributed by atoms with Gasteiger partial charge in [0.25, 0.3) is 11.8 Å². The van der Waals surface area contributed by atoms with E-state index in [-0.39, 0.29) is 30.4 Å². The van der Waals surface area contributed by atoms with Crippen LogP contribution < -0.4 is 15.5 Å². The summed E-state index contributed by atoms with van der Waals surface area (Å²) in [6.45, 7) is 8.35. The van der Waals surface area contributed by atoms with Crippen molar-refractivity contribution in [1.82, 2.24) is 10.3 Å². The van der Waals surface area contributed by atoms with Crippen LogP contribution in [0.4, 0.5) is 5.69 Å². The van der Waals surface area contributed by atoms with Gasteiger partial charge in [-0.25, -0.2) is 4.98 Å². The van der Waals surface area contributed by atoms with Crippen molar-refractivity contribution >= 4 is 39.1 Å². The van der Waals surface area contributed by atoms with Gasteiger partial charge in [0.15, 0.2) is 13.1 Å². The Bertz CT molecular complexity index is 1050. The summed E-state index contributed by atoms with van der Waals surface area (Å²) >= 11 is 1.66. The third kappa shape index (κ3) is 6.11. The van der Waals surface area contributed by atoms with Gasteiger partial charge < -0.3 is 15.5 Å². The number of quaternary nitrogens is 1. The molecule has 30 heavy (non-hydrogen) atoms. The number of carbonyl (C=O) groups is 2. The van der Waals surface area contributed by atoms with Crippen LogP contribution in [0, 0.1) is 6.92 Å². The maximum Gasteiger partial charge on any atom is 0.279 e. The molecule has 0 radical (unpaired) electrons. The Hall–Kier alpha value is -2.77. The fraction of sp³-hybridized carbons (Fsp3) is 0.348. The molecule has 0 aliphatic heterocycles. The van der Waals surface area contributed by atoms with Crippen molar-refractivity contribution in [3.63, 3.8) is 0 Å². The second kappa shape index (κ2) is 8.93. The Morgan fingerprint density at radius 2 is 1.70 bits per heavy atom. The summed E-state index contributed by atoms with van der Waals surface area (Å²) < 4.78 is 1.17. The number of hydrogen-bond donors (Lipinski definition) is 3. The molecule has 158 valence electrons. The molecule has 3 N–H and O–H groups in total. The van der Waals surface area contributed by atoms with Crippen LogP contribution in [0.15, 0.2) is 42.5 Å². The fourth-order valence-electron chi connectivity index (χ4n) is 3.13. The van der Waals surface area contributed by atoms with Crippen LogP contribution in [0.1, 0.15) is 26.3 Å². The van der Waals surface area contributed by atoms with Crippen molar-refractivity contribution in [2.75, 3.05) is 25.5 Å². The molecule has 0 bridgehead atoms. The third-order valence-corrected chi connectivity index (χ3v) is 5.47. The fourth-order valence-corrected chi connectivity index (χ4v) is 4.20. The highest BCUT2D eigenvalue weighted by atomic mass is 32.1. The summed E-state index contributed by atoms with van der Waals surface area (Å²) in [7, 11) is 1.83. The van der Waals surface area contributed by atoms with Crippen LogP contribution in [0.3, 0.4) is 0 Å². The number of hydrogen-bond acceptors (Lipinski definition) is 4. The van der Waals surface area contributed by atoms with E-state index in [1.54, 1.807) is 11.3 Å². The molecule has 2 amide bonds. The number of carbonyl (C=O) groups excluding carboxylic acids is 2. The molecule has 1 atom stereocenters. The number of nitrogens with one attached hydrogen (secondary N) is 3. The quantitative estimate of drug-likeness (QED) is 0.568. The van der Waals surface area contributed by atoms with E-state index < -0.39 is 0 Å². The first-order chi connectivity index (χ1) is 14.1. The van der Waals surface area contributed by atoms with E-state index in [1.165, 1.54) is 10.3 Å². The average Bonchev–Trinajstić information content (AvgIpc) is 3.03. The van der Waals surface area contributed by atoms with Crippen LogP contribution in [0.2, 0.25) is 0 Å². The lowest BCUT2D eigenvalue weighted by Gasteiger charge is -2.21. The molecule has 6 nitrogen and oxygen atoms in total. The highest BCUT2D eigenvalue weighted by molar-refractivity contribution is 7.21. The van der Waals surface area contributed by atoms with E-state index in [4.69, 9.17) is 4.98 Å². The van der Waals surface area contributed by atoms with Gasteiger partial charge in [-0.05, 0) is 69.7 Å². The number of rotatable bonds is 6. The lowest BCUT2D eigenvalue weighted by Crippen LogP contribution is -3.11. The molecular weight excluding hydrogens is 396 g/mol. The lowest BCUT2D eigenvalue weighted by atomic mass is 10.1. The molecule has 1 aromatic heterocycles. The molecule has 3 aromatic rings. The van der Waals surface area contributed by atoms with Crippen molar-refractivity contribution in [3.05, 3.63) is 48.0 Å². The maximum atomic E-state index is 12.3. The van der Waals surface area contributed by atoms with Gasteiger partial charge in [0.2, 0.25) is 0 Å². The Morgan fingerprint density at radius 3 is 2.37 bits per heavy atom. The van der Waals surface area contributed by atoms with Crippen LogP contribution >= 0.6 is 11.3 Å². The van der Waals surface area contributed by atoms with E-state index in [1.807, 2.05) is 58.2 Å². The Balaban J connectivity index is 1.57. The minimum absolute atomic E-state index is 0.0665. The van der Waals surface area contributed by atoms with Crippen LogP contribution in [-0.2, 0) is 9.59 Å². The normalized spacial score (nSPS) is 12.6. The van der Waals surface area contributed by atoms with E-state index >= 15 is 0 Å². The van der Waals surface area contributed by atoms with E-state index in [0.29, 0.717) is 0 Å². The van der Waals surface area contributed by atoms with Crippen molar-refractivity contribution in [2.24, 2.45) is 0 Å². The zero-order valence-corrected chi connectivity index (χ0v) is 18.9. The molecule has 1 heterocycles. The molecule has 0 fully saturated rings. The summed E-state index contributed by atoms with van der Waals surface area (Å²) in [5, 5.41) is 6.77. The zero-order valence-electron chi connectivity index (χ0n) is 18.1. The molecule has 0 spiro atoms. The van der Waals surface area contributed by atoms with Crippen molar-refractivity contribution in [3.8, 4) is 10.6 Å². The third-order valence-electron chi connectivity index (χ3n) is 4.40. The highest BCUT2D eigenvalue weighted by Crippen LogP contribution is 2.31. The monoisotopic (exact) mass is 425 g/mol. The van der Waals surface area contributed by atoms with Gasteiger partial charge in [0.05, 0.1) is 17.3 Å². The van der Waals surface area contributed by atoms with Gasteiger partial charge >= 0.3 is 0 Å². The van der Waals surface area contributed by atoms with E-state index in [9.17, 15) is 9.59 Å². The second-order valence-corrected chi connectivity index (χ2v) is 9.76. The summed E-state index contributed by atoms with van der Waals surface area (Å²) in [5.41, 5.74) is 3.70. The van der Waals surface area contributed by atoms with Crippen LogP contribution in [-0.4, -0.2) is 42.5 Å². The van der Waals surface area contributed by atoms with Gasteiger partial charge in [-0.1, -0.05) is 6.07 Å². The van der Waals surface area contributed by atoms with Gasteiger partial charge in [-0.3, -0.25) is 9.59 Å². The number of amides is 2.